The molecule has 0 fully saturated rings. The Kier molecular flexibility index (Phi) is 8.31. The summed E-state index contributed by atoms with van der Waals surface area (Å²) in [5, 5.41) is 2.77. The normalized spacial score (nSPS) is 12.7. The van der Waals surface area contributed by atoms with E-state index in [0.29, 0.717) is 18.8 Å². The molecule has 2 aromatic rings. The lowest BCUT2D eigenvalue weighted by molar-refractivity contribution is -0.885. The topological polar surface area (TPSA) is 70.9 Å². The Hall–Kier alpha value is -2.29. The molecule has 0 saturated carbocycles. The van der Waals surface area contributed by atoms with E-state index in [-0.39, 0.29) is 23.2 Å². The minimum atomic E-state index is -3.53. The fourth-order valence-corrected chi connectivity index (χ4v) is 4.14. The standard InChI is InChI=1S/C21H28FN3O3S/c1-4-5-13-25(3)29(27,28)20-11-9-19(10-12-20)23-21(26)16-24(2)15-17-7-6-8-18(22)14-17/h6-12,14H,4-5,13,15-16H2,1-3H3,(H,23,26)/p+1. The average molecular weight is 423 g/mol. The largest absolute Gasteiger partial charge is 0.326 e. The predicted molar refractivity (Wildman–Crippen MR) is 112 cm³/mol. The van der Waals surface area contributed by atoms with E-state index in [0.717, 1.165) is 23.3 Å². The zero-order valence-electron chi connectivity index (χ0n) is 17.1. The third-order valence-corrected chi connectivity index (χ3v) is 6.40. The van der Waals surface area contributed by atoms with Gasteiger partial charge in [-0.3, -0.25) is 4.79 Å². The highest BCUT2D eigenvalue weighted by Gasteiger charge is 2.20. The summed E-state index contributed by atoms with van der Waals surface area (Å²) >= 11 is 0. The van der Waals surface area contributed by atoms with Crippen molar-refractivity contribution < 1.29 is 22.5 Å². The van der Waals surface area contributed by atoms with Crippen molar-refractivity contribution in [1.29, 1.82) is 0 Å². The number of carbonyl (C=O) groups excluding carboxylic acids is 1. The van der Waals surface area contributed by atoms with Gasteiger partial charge in [0.05, 0.1) is 11.9 Å². The molecule has 0 aliphatic carbocycles. The van der Waals surface area contributed by atoms with Gasteiger partial charge in [-0.05, 0) is 42.8 Å². The van der Waals surface area contributed by atoms with Crippen LogP contribution >= 0.6 is 0 Å². The maximum absolute atomic E-state index is 13.3. The van der Waals surface area contributed by atoms with E-state index >= 15 is 0 Å². The molecule has 2 N–H and O–H groups in total. The minimum absolute atomic E-state index is 0.197. The number of quaternary nitrogens is 1. The van der Waals surface area contributed by atoms with Crippen molar-refractivity contribution in [3.05, 3.63) is 59.9 Å². The number of hydrogen-bond acceptors (Lipinski definition) is 3. The first-order valence-electron chi connectivity index (χ1n) is 9.64. The average Bonchev–Trinajstić information content (AvgIpc) is 2.66. The van der Waals surface area contributed by atoms with Crippen LogP contribution in [0.4, 0.5) is 10.1 Å². The summed E-state index contributed by atoms with van der Waals surface area (Å²) in [6, 6.07) is 12.5. The van der Waals surface area contributed by atoms with Crippen LogP contribution in [0.3, 0.4) is 0 Å². The number of sulfonamides is 1. The van der Waals surface area contributed by atoms with Crippen molar-refractivity contribution in [3.8, 4) is 0 Å². The number of rotatable bonds is 10. The zero-order valence-corrected chi connectivity index (χ0v) is 17.9. The van der Waals surface area contributed by atoms with Gasteiger partial charge < -0.3 is 10.2 Å². The number of hydrogen-bond donors (Lipinski definition) is 2. The van der Waals surface area contributed by atoms with E-state index in [2.05, 4.69) is 5.32 Å². The van der Waals surface area contributed by atoms with Gasteiger partial charge >= 0.3 is 0 Å². The summed E-state index contributed by atoms with van der Waals surface area (Å²) in [7, 11) is -0.107. The molecule has 1 unspecified atom stereocenters. The maximum atomic E-state index is 13.3. The van der Waals surface area contributed by atoms with Gasteiger partial charge in [-0.2, -0.15) is 0 Å². The summed E-state index contributed by atoms with van der Waals surface area (Å²) in [6.07, 6.45) is 1.72. The third kappa shape index (κ3) is 6.92. The second-order valence-electron chi connectivity index (χ2n) is 7.19. The van der Waals surface area contributed by atoms with Crippen LogP contribution in [-0.4, -0.2) is 45.8 Å². The number of amides is 1. The fourth-order valence-electron chi connectivity index (χ4n) is 2.93. The molecule has 1 atom stereocenters. The summed E-state index contributed by atoms with van der Waals surface area (Å²) in [6.45, 7) is 3.20. The van der Waals surface area contributed by atoms with Crippen LogP contribution in [0.2, 0.25) is 0 Å². The Morgan fingerprint density at radius 1 is 1.17 bits per heavy atom. The number of nitrogens with zero attached hydrogens (tertiary/aromatic N) is 1. The van der Waals surface area contributed by atoms with Gasteiger partial charge in [0, 0.05) is 24.8 Å². The number of benzene rings is 2. The van der Waals surface area contributed by atoms with Crippen LogP contribution in [0.1, 0.15) is 25.3 Å². The molecular formula is C21H29FN3O3S+. The number of nitrogens with one attached hydrogen (secondary N) is 2. The molecule has 0 spiro atoms. The highest BCUT2D eigenvalue weighted by molar-refractivity contribution is 7.89. The van der Waals surface area contributed by atoms with Crippen LogP contribution in [0.5, 0.6) is 0 Å². The van der Waals surface area contributed by atoms with Gasteiger partial charge in [-0.1, -0.05) is 25.5 Å². The molecule has 8 heteroatoms. The lowest BCUT2D eigenvalue weighted by Gasteiger charge is -2.17. The minimum Gasteiger partial charge on any atom is -0.326 e. The van der Waals surface area contributed by atoms with Crippen molar-refractivity contribution in [3.63, 3.8) is 0 Å². The molecule has 0 radical (unpaired) electrons. The number of unbranched alkanes of at least 4 members (excludes halogenated alkanes) is 1. The number of likely N-dealkylation sites (N-methyl/N-ethyl adjacent to an activating group) is 1. The third-order valence-electron chi connectivity index (χ3n) is 4.53. The van der Waals surface area contributed by atoms with Crippen LogP contribution in [0, 0.1) is 5.82 Å². The van der Waals surface area contributed by atoms with Crippen LogP contribution in [-0.2, 0) is 21.4 Å². The molecule has 2 aromatic carbocycles. The van der Waals surface area contributed by atoms with Gasteiger partial charge in [0.15, 0.2) is 6.54 Å². The van der Waals surface area contributed by atoms with Gasteiger partial charge in [0.2, 0.25) is 10.0 Å². The Labute approximate surface area is 172 Å². The van der Waals surface area contributed by atoms with Gasteiger partial charge in [0.25, 0.3) is 5.91 Å². The van der Waals surface area contributed by atoms with Crippen LogP contribution < -0.4 is 10.2 Å². The molecule has 6 nitrogen and oxygen atoms in total. The molecule has 0 bridgehead atoms. The van der Waals surface area contributed by atoms with Crippen molar-refractivity contribution in [1.82, 2.24) is 4.31 Å². The fraction of sp³-hybridized carbons (Fsp3) is 0.381. The van der Waals surface area contributed by atoms with Crippen molar-refractivity contribution in [2.45, 2.75) is 31.2 Å². The Morgan fingerprint density at radius 2 is 1.86 bits per heavy atom. The zero-order chi connectivity index (χ0) is 21.4. The smallest absolute Gasteiger partial charge is 0.279 e. The molecular weight excluding hydrogens is 393 g/mol. The lowest BCUT2D eigenvalue weighted by atomic mass is 10.2. The summed E-state index contributed by atoms with van der Waals surface area (Å²) in [5.41, 5.74) is 1.35. The van der Waals surface area contributed by atoms with E-state index in [4.69, 9.17) is 0 Å². The van der Waals surface area contributed by atoms with Crippen molar-refractivity contribution in [2.75, 3.05) is 32.5 Å². The summed E-state index contributed by atoms with van der Waals surface area (Å²) < 4.78 is 39.6. The SMILES string of the molecule is CCCCN(C)S(=O)(=O)c1ccc(NC(=O)C[NH+](C)Cc2cccc(F)c2)cc1. The highest BCUT2D eigenvalue weighted by Crippen LogP contribution is 2.17. The first-order chi connectivity index (χ1) is 13.7. The molecule has 0 saturated heterocycles. The quantitative estimate of drug-likeness (QED) is 0.614. The van der Waals surface area contributed by atoms with Crippen molar-refractivity contribution in [2.24, 2.45) is 0 Å². The first kappa shape index (κ1) is 23.0. The number of halogens is 1. The predicted octanol–water partition coefficient (Wildman–Crippen LogP) is 1.90. The molecule has 0 aromatic heterocycles. The Morgan fingerprint density at radius 3 is 2.48 bits per heavy atom. The second-order valence-corrected chi connectivity index (χ2v) is 9.24. The monoisotopic (exact) mass is 422 g/mol. The number of anilines is 1. The van der Waals surface area contributed by atoms with Crippen molar-refractivity contribution >= 4 is 21.6 Å². The maximum Gasteiger partial charge on any atom is 0.279 e. The highest BCUT2D eigenvalue weighted by atomic mass is 32.2. The second kappa shape index (κ2) is 10.5. The Bertz CT molecular complexity index is 917. The Balaban J connectivity index is 1.92. The molecule has 158 valence electrons. The van der Waals surface area contributed by atoms with Crippen LogP contribution in [0.15, 0.2) is 53.4 Å². The van der Waals surface area contributed by atoms with Gasteiger partial charge in [-0.25, -0.2) is 17.1 Å². The van der Waals surface area contributed by atoms with Gasteiger partial charge in [0.1, 0.15) is 12.4 Å². The van der Waals surface area contributed by atoms with E-state index < -0.39 is 10.0 Å². The molecule has 1 amide bonds. The molecule has 29 heavy (non-hydrogen) atoms. The van der Waals surface area contributed by atoms with Crippen LogP contribution in [0.25, 0.3) is 0 Å². The first-order valence-corrected chi connectivity index (χ1v) is 11.1. The lowest BCUT2D eigenvalue weighted by Crippen LogP contribution is -3.08. The molecule has 2 rings (SSSR count). The molecule has 0 aliphatic rings. The van der Waals surface area contributed by atoms with E-state index in [9.17, 15) is 17.6 Å². The summed E-state index contributed by atoms with van der Waals surface area (Å²) in [4.78, 5) is 13.4. The van der Waals surface area contributed by atoms with Gasteiger partial charge in [-0.15, -0.1) is 0 Å². The molecule has 0 heterocycles. The summed E-state index contributed by atoms with van der Waals surface area (Å²) in [5.74, 6) is -0.496. The number of carbonyl (C=O) groups is 1. The molecule has 0 aliphatic heterocycles. The van der Waals surface area contributed by atoms with E-state index in [1.807, 2.05) is 20.0 Å². The van der Waals surface area contributed by atoms with E-state index in [1.54, 1.807) is 25.2 Å². The van der Waals surface area contributed by atoms with E-state index in [1.165, 1.54) is 28.6 Å².